The van der Waals surface area contributed by atoms with Crippen LogP contribution in [0.1, 0.15) is 30.2 Å². The molecule has 1 aliphatic rings. The maximum absolute atomic E-state index is 13.1. The van der Waals surface area contributed by atoms with Gasteiger partial charge in [0.2, 0.25) is 0 Å². The van der Waals surface area contributed by atoms with Gasteiger partial charge in [0, 0.05) is 19.1 Å². The summed E-state index contributed by atoms with van der Waals surface area (Å²) in [5.41, 5.74) is 1.26. The molecule has 2 heterocycles. The lowest BCUT2D eigenvalue weighted by atomic mass is 10.1. The highest BCUT2D eigenvalue weighted by Crippen LogP contribution is 2.28. The van der Waals surface area contributed by atoms with E-state index in [2.05, 4.69) is 4.72 Å². The van der Waals surface area contributed by atoms with E-state index in [-0.39, 0.29) is 27.3 Å². The molecule has 1 saturated heterocycles. The van der Waals surface area contributed by atoms with Crippen LogP contribution < -0.4 is 14.3 Å². The standard InChI is InChI=1S/C22H25N3O6S2/c1-14(2)25-18-6-4-15(12-20(18)32-22(25)27)23-33(28,29)16-5-7-19(30-3)17(13-16)21(26)24-8-10-31-11-9-24/h4-7,12-14,23H,8-11H2,1-3H3. The van der Waals surface area contributed by atoms with Gasteiger partial charge in [-0.3, -0.25) is 18.9 Å². The lowest BCUT2D eigenvalue weighted by Gasteiger charge is -2.27. The Kier molecular flexibility index (Phi) is 6.46. The van der Waals surface area contributed by atoms with Crippen LogP contribution in [0.5, 0.6) is 5.75 Å². The molecule has 0 spiro atoms. The molecule has 11 heteroatoms. The fraction of sp³-hybridized carbons (Fsp3) is 0.364. The molecule has 1 N–H and O–H groups in total. The zero-order valence-electron chi connectivity index (χ0n) is 18.5. The predicted octanol–water partition coefficient (Wildman–Crippen LogP) is 2.93. The third kappa shape index (κ3) is 4.61. The van der Waals surface area contributed by atoms with Crippen LogP contribution in [0.4, 0.5) is 5.69 Å². The summed E-state index contributed by atoms with van der Waals surface area (Å²) in [6, 6.07) is 9.17. The summed E-state index contributed by atoms with van der Waals surface area (Å²) in [6.45, 7) is 5.56. The van der Waals surface area contributed by atoms with Gasteiger partial charge in [-0.25, -0.2) is 8.42 Å². The fourth-order valence-electron chi connectivity index (χ4n) is 3.76. The summed E-state index contributed by atoms with van der Waals surface area (Å²) in [6.07, 6.45) is 0. The van der Waals surface area contributed by atoms with Crippen molar-refractivity contribution in [3.63, 3.8) is 0 Å². The minimum absolute atomic E-state index is 0.00415. The van der Waals surface area contributed by atoms with Crippen LogP contribution in [0.2, 0.25) is 0 Å². The van der Waals surface area contributed by atoms with Crippen molar-refractivity contribution in [2.24, 2.45) is 0 Å². The number of hydrogen-bond acceptors (Lipinski definition) is 7. The number of nitrogens with one attached hydrogen (secondary N) is 1. The predicted molar refractivity (Wildman–Crippen MR) is 127 cm³/mol. The molecule has 1 aromatic heterocycles. The number of nitrogens with zero attached hydrogens (tertiary/aromatic N) is 2. The molecular weight excluding hydrogens is 466 g/mol. The lowest BCUT2D eigenvalue weighted by Crippen LogP contribution is -2.40. The van der Waals surface area contributed by atoms with Crippen LogP contribution in [0.25, 0.3) is 10.2 Å². The minimum Gasteiger partial charge on any atom is -0.496 e. The van der Waals surface area contributed by atoms with Crippen LogP contribution >= 0.6 is 11.3 Å². The SMILES string of the molecule is COc1ccc(S(=O)(=O)Nc2ccc3c(c2)sc(=O)n3C(C)C)cc1C(=O)N1CCOCC1. The van der Waals surface area contributed by atoms with Crippen molar-refractivity contribution in [2.75, 3.05) is 38.1 Å². The van der Waals surface area contributed by atoms with Crippen molar-refractivity contribution in [1.82, 2.24) is 9.47 Å². The number of sulfonamides is 1. The van der Waals surface area contributed by atoms with Crippen molar-refractivity contribution in [1.29, 1.82) is 0 Å². The number of thiazole rings is 1. The average Bonchev–Trinajstić information content (AvgIpc) is 3.13. The number of methoxy groups -OCH3 is 1. The molecule has 9 nitrogen and oxygen atoms in total. The van der Waals surface area contributed by atoms with Gasteiger partial charge in [0.25, 0.3) is 15.9 Å². The number of carbonyl (C=O) groups is 1. The van der Waals surface area contributed by atoms with E-state index in [1.54, 1.807) is 27.7 Å². The van der Waals surface area contributed by atoms with E-state index in [0.717, 1.165) is 16.9 Å². The van der Waals surface area contributed by atoms with Crippen molar-refractivity contribution in [3.05, 3.63) is 51.6 Å². The second-order valence-corrected chi connectivity index (χ2v) is 10.6. The molecular formula is C22H25N3O6S2. The molecule has 0 radical (unpaired) electrons. The van der Waals surface area contributed by atoms with Crippen LogP contribution in [-0.2, 0) is 14.8 Å². The number of amides is 1. The number of fused-ring (bicyclic) bond motifs is 1. The zero-order chi connectivity index (χ0) is 23.8. The second kappa shape index (κ2) is 9.16. The summed E-state index contributed by atoms with van der Waals surface area (Å²) in [7, 11) is -2.56. The number of ether oxygens (including phenoxy) is 2. The molecule has 33 heavy (non-hydrogen) atoms. The Morgan fingerprint density at radius 1 is 1.15 bits per heavy atom. The van der Waals surface area contributed by atoms with E-state index in [0.29, 0.717) is 42.4 Å². The average molecular weight is 492 g/mol. The number of rotatable bonds is 6. The Bertz CT molecular complexity index is 1350. The summed E-state index contributed by atoms with van der Waals surface area (Å²) in [4.78, 5) is 26.7. The lowest BCUT2D eigenvalue weighted by molar-refractivity contribution is 0.0300. The van der Waals surface area contributed by atoms with Gasteiger partial charge in [0.15, 0.2) is 0 Å². The highest BCUT2D eigenvalue weighted by atomic mass is 32.2. The first-order valence-corrected chi connectivity index (χ1v) is 12.7. The van der Waals surface area contributed by atoms with E-state index in [1.807, 2.05) is 13.8 Å². The third-order valence-electron chi connectivity index (χ3n) is 5.39. The van der Waals surface area contributed by atoms with Gasteiger partial charge in [-0.1, -0.05) is 11.3 Å². The minimum atomic E-state index is -3.99. The molecule has 176 valence electrons. The molecule has 0 bridgehead atoms. The molecule has 3 aromatic rings. The van der Waals surface area contributed by atoms with Gasteiger partial charge in [-0.05, 0) is 50.2 Å². The molecule has 4 rings (SSSR count). The number of aromatic nitrogens is 1. The van der Waals surface area contributed by atoms with Crippen LogP contribution in [0.3, 0.4) is 0 Å². The number of benzene rings is 2. The molecule has 0 saturated carbocycles. The van der Waals surface area contributed by atoms with Gasteiger partial charge in [0.05, 0.1) is 46.7 Å². The maximum Gasteiger partial charge on any atom is 0.308 e. The molecule has 2 aromatic carbocycles. The van der Waals surface area contributed by atoms with Crippen molar-refractivity contribution < 1.29 is 22.7 Å². The van der Waals surface area contributed by atoms with Crippen LogP contribution in [-0.4, -0.2) is 57.2 Å². The Morgan fingerprint density at radius 2 is 1.88 bits per heavy atom. The van der Waals surface area contributed by atoms with Gasteiger partial charge < -0.3 is 14.4 Å². The Balaban J connectivity index is 1.65. The quantitative estimate of drug-likeness (QED) is 0.568. The van der Waals surface area contributed by atoms with Gasteiger partial charge >= 0.3 is 4.87 Å². The van der Waals surface area contributed by atoms with Crippen molar-refractivity contribution >= 4 is 43.2 Å². The zero-order valence-corrected chi connectivity index (χ0v) is 20.2. The molecule has 0 aliphatic carbocycles. The highest BCUT2D eigenvalue weighted by Gasteiger charge is 2.25. The van der Waals surface area contributed by atoms with E-state index in [4.69, 9.17) is 9.47 Å². The Morgan fingerprint density at radius 3 is 2.55 bits per heavy atom. The fourth-order valence-corrected chi connectivity index (χ4v) is 5.89. The number of morpholine rings is 1. The molecule has 0 atom stereocenters. The smallest absolute Gasteiger partial charge is 0.308 e. The van der Waals surface area contributed by atoms with E-state index in [9.17, 15) is 18.0 Å². The Labute approximate surface area is 195 Å². The molecule has 0 unspecified atom stereocenters. The number of anilines is 1. The largest absolute Gasteiger partial charge is 0.496 e. The van der Waals surface area contributed by atoms with Crippen molar-refractivity contribution in [3.8, 4) is 5.75 Å². The van der Waals surface area contributed by atoms with Crippen LogP contribution in [0.15, 0.2) is 46.1 Å². The summed E-state index contributed by atoms with van der Waals surface area (Å²) < 4.78 is 41.7. The number of hydrogen-bond donors (Lipinski definition) is 1. The maximum atomic E-state index is 13.1. The van der Waals surface area contributed by atoms with Crippen molar-refractivity contribution in [2.45, 2.75) is 24.8 Å². The normalized spacial score (nSPS) is 14.6. The van der Waals surface area contributed by atoms with Crippen LogP contribution in [0, 0.1) is 0 Å². The third-order valence-corrected chi connectivity index (χ3v) is 7.69. The van der Waals surface area contributed by atoms with E-state index >= 15 is 0 Å². The highest BCUT2D eigenvalue weighted by molar-refractivity contribution is 7.92. The van der Waals surface area contributed by atoms with Gasteiger partial charge in [0.1, 0.15) is 5.75 Å². The summed E-state index contributed by atoms with van der Waals surface area (Å²) >= 11 is 1.07. The monoisotopic (exact) mass is 491 g/mol. The molecule has 1 amide bonds. The van der Waals surface area contributed by atoms with E-state index < -0.39 is 10.0 Å². The summed E-state index contributed by atoms with van der Waals surface area (Å²) in [5.74, 6) is -0.0138. The first-order valence-electron chi connectivity index (χ1n) is 10.4. The Hall–Kier alpha value is -2.89. The summed E-state index contributed by atoms with van der Waals surface area (Å²) in [5, 5.41) is 0. The van der Waals surface area contributed by atoms with Gasteiger partial charge in [-0.15, -0.1) is 0 Å². The van der Waals surface area contributed by atoms with Gasteiger partial charge in [-0.2, -0.15) is 0 Å². The molecule has 1 aliphatic heterocycles. The first-order chi connectivity index (χ1) is 15.7. The van der Waals surface area contributed by atoms with E-state index in [1.165, 1.54) is 25.3 Å². The molecule has 1 fully saturated rings. The second-order valence-electron chi connectivity index (χ2n) is 7.89. The number of carbonyl (C=O) groups excluding carboxylic acids is 1. The topological polar surface area (TPSA) is 107 Å². The first kappa shape index (κ1) is 23.3.